The van der Waals surface area contributed by atoms with E-state index in [4.69, 9.17) is 9.47 Å². The maximum absolute atomic E-state index is 12.7. The van der Waals surface area contributed by atoms with Crippen LogP contribution in [0.1, 0.15) is 42.3 Å². The topological polar surface area (TPSA) is 38.8 Å². The fraction of sp³-hybridized carbons (Fsp3) is 0.350. The average Bonchev–Trinajstić information content (AvgIpc) is 3.37. The Hall–Kier alpha value is -1.65. The molecule has 0 saturated carbocycles. The van der Waals surface area contributed by atoms with E-state index in [0.29, 0.717) is 23.5 Å². The number of carbonyl (C=O) groups is 1. The molecule has 1 aliphatic heterocycles. The molecule has 0 N–H and O–H groups in total. The number of benzene rings is 2. The molecular formula is C20H21BrO3. The molecule has 0 bridgehead atoms. The van der Waals surface area contributed by atoms with Gasteiger partial charge in [0.05, 0.1) is 11.1 Å². The van der Waals surface area contributed by atoms with Gasteiger partial charge in [-0.25, -0.2) is 0 Å². The summed E-state index contributed by atoms with van der Waals surface area (Å²) in [5, 5.41) is 0. The lowest BCUT2D eigenvalue weighted by Gasteiger charge is -2.19. The van der Waals surface area contributed by atoms with Gasteiger partial charge in [0.15, 0.2) is 5.78 Å². The summed E-state index contributed by atoms with van der Waals surface area (Å²) >= 11 is 3.46. The SMILES string of the molecule is CC(C)(C)c1ccc(C(=O)c2ccc(Br)c(OCC3CO3)c2)cc1. The highest BCUT2D eigenvalue weighted by molar-refractivity contribution is 9.10. The second-order valence-corrected chi connectivity index (χ2v) is 7.92. The summed E-state index contributed by atoms with van der Waals surface area (Å²) in [5.41, 5.74) is 2.59. The molecule has 2 aromatic rings. The van der Waals surface area contributed by atoms with Gasteiger partial charge in [0.2, 0.25) is 0 Å². The van der Waals surface area contributed by atoms with E-state index < -0.39 is 0 Å². The molecule has 24 heavy (non-hydrogen) atoms. The van der Waals surface area contributed by atoms with Gasteiger partial charge in [-0.3, -0.25) is 4.79 Å². The summed E-state index contributed by atoms with van der Waals surface area (Å²) in [6.45, 7) is 7.73. The van der Waals surface area contributed by atoms with Crippen molar-refractivity contribution in [2.75, 3.05) is 13.2 Å². The monoisotopic (exact) mass is 388 g/mol. The van der Waals surface area contributed by atoms with Gasteiger partial charge in [-0.15, -0.1) is 0 Å². The Labute approximate surface area is 151 Å². The van der Waals surface area contributed by atoms with Crippen molar-refractivity contribution in [1.29, 1.82) is 0 Å². The van der Waals surface area contributed by atoms with Crippen LogP contribution in [0.25, 0.3) is 0 Å². The molecule has 0 spiro atoms. The number of hydrogen-bond acceptors (Lipinski definition) is 3. The zero-order valence-electron chi connectivity index (χ0n) is 14.1. The highest BCUT2D eigenvalue weighted by Gasteiger charge is 2.23. The van der Waals surface area contributed by atoms with Gasteiger partial charge >= 0.3 is 0 Å². The van der Waals surface area contributed by atoms with Crippen LogP contribution in [0.5, 0.6) is 5.75 Å². The molecule has 1 heterocycles. The van der Waals surface area contributed by atoms with Crippen molar-refractivity contribution in [2.45, 2.75) is 32.3 Å². The van der Waals surface area contributed by atoms with Crippen molar-refractivity contribution >= 4 is 21.7 Å². The Morgan fingerprint density at radius 2 is 1.79 bits per heavy atom. The molecule has 2 aromatic carbocycles. The minimum absolute atomic E-state index is 0.00418. The van der Waals surface area contributed by atoms with Gasteiger partial charge in [-0.05, 0) is 45.1 Å². The van der Waals surface area contributed by atoms with Crippen LogP contribution >= 0.6 is 15.9 Å². The Bertz CT molecular complexity index is 740. The van der Waals surface area contributed by atoms with Gasteiger partial charge in [-0.1, -0.05) is 45.0 Å². The van der Waals surface area contributed by atoms with Gasteiger partial charge in [0, 0.05) is 11.1 Å². The zero-order valence-corrected chi connectivity index (χ0v) is 15.7. The van der Waals surface area contributed by atoms with Gasteiger partial charge in [-0.2, -0.15) is 0 Å². The number of hydrogen-bond donors (Lipinski definition) is 0. The number of ketones is 1. The molecule has 1 atom stereocenters. The minimum atomic E-state index is -0.00418. The smallest absolute Gasteiger partial charge is 0.193 e. The fourth-order valence-electron chi connectivity index (χ4n) is 2.39. The lowest BCUT2D eigenvalue weighted by atomic mass is 9.86. The van der Waals surface area contributed by atoms with Gasteiger partial charge < -0.3 is 9.47 Å². The molecule has 3 nitrogen and oxygen atoms in total. The van der Waals surface area contributed by atoms with Crippen LogP contribution in [-0.4, -0.2) is 25.1 Å². The molecule has 0 aromatic heterocycles. The maximum atomic E-state index is 12.7. The fourth-order valence-corrected chi connectivity index (χ4v) is 2.75. The standard InChI is InChI=1S/C20H21BrO3/c1-20(2,3)15-7-4-13(5-8-15)19(22)14-6-9-17(21)18(10-14)24-12-16-11-23-16/h4-10,16H,11-12H2,1-3H3. The van der Waals surface area contributed by atoms with Gasteiger partial charge in [0.25, 0.3) is 0 Å². The third-order valence-corrected chi connectivity index (χ3v) is 4.69. The minimum Gasteiger partial charge on any atom is -0.490 e. The molecular weight excluding hydrogens is 368 g/mol. The van der Waals surface area contributed by atoms with E-state index in [1.54, 1.807) is 6.07 Å². The van der Waals surface area contributed by atoms with Gasteiger partial charge in [0.1, 0.15) is 18.5 Å². The molecule has 4 heteroatoms. The molecule has 126 valence electrons. The van der Waals surface area contributed by atoms with Crippen LogP contribution in [0.4, 0.5) is 0 Å². The lowest BCUT2D eigenvalue weighted by Crippen LogP contribution is -2.11. The third kappa shape index (κ3) is 4.05. The van der Waals surface area contributed by atoms with Crippen LogP contribution in [-0.2, 0) is 10.2 Å². The van der Waals surface area contributed by atoms with E-state index in [2.05, 4.69) is 36.7 Å². The van der Waals surface area contributed by atoms with E-state index in [0.717, 1.165) is 11.1 Å². The molecule has 0 radical (unpaired) electrons. The second kappa shape index (κ2) is 6.69. The number of carbonyl (C=O) groups excluding carboxylic acids is 1. The third-order valence-electron chi connectivity index (χ3n) is 4.03. The first kappa shape index (κ1) is 17.2. The first-order valence-corrected chi connectivity index (χ1v) is 8.83. The Morgan fingerprint density at radius 3 is 2.38 bits per heavy atom. The van der Waals surface area contributed by atoms with E-state index in [1.165, 1.54) is 5.56 Å². The number of halogens is 1. The summed E-state index contributed by atoms with van der Waals surface area (Å²) in [7, 11) is 0. The first-order valence-electron chi connectivity index (χ1n) is 8.04. The Morgan fingerprint density at radius 1 is 1.17 bits per heavy atom. The quantitative estimate of drug-likeness (QED) is 0.547. The average molecular weight is 389 g/mol. The summed E-state index contributed by atoms with van der Waals surface area (Å²) < 4.78 is 11.7. The summed E-state index contributed by atoms with van der Waals surface area (Å²) in [6.07, 6.45) is 0.182. The van der Waals surface area contributed by atoms with Crippen LogP contribution < -0.4 is 4.74 Å². The normalized spacial score (nSPS) is 16.8. The lowest BCUT2D eigenvalue weighted by molar-refractivity contribution is 0.103. The molecule has 1 aliphatic rings. The Balaban J connectivity index is 1.79. The van der Waals surface area contributed by atoms with Crippen molar-refractivity contribution in [3.05, 3.63) is 63.6 Å². The van der Waals surface area contributed by atoms with Crippen molar-refractivity contribution in [3.63, 3.8) is 0 Å². The number of epoxide rings is 1. The number of ether oxygens (including phenoxy) is 2. The predicted octanol–water partition coefficient (Wildman–Crippen LogP) is 4.76. The Kier molecular flexibility index (Phi) is 4.79. The zero-order chi connectivity index (χ0) is 17.3. The van der Waals surface area contributed by atoms with Crippen LogP contribution in [0.3, 0.4) is 0 Å². The van der Waals surface area contributed by atoms with Crippen LogP contribution in [0.15, 0.2) is 46.9 Å². The van der Waals surface area contributed by atoms with Crippen molar-refractivity contribution in [2.24, 2.45) is 0 Å². The highest BCUT2D eigenvalue weighted by Crippen LogP contribution is 2.29. The molecule has 1 fully saturated rings. The second-order valence-electron chi connectivity index (χ2n) is 7.07. The molecule has 0 amide bonds. The van der Waals surface area contributed by atoms with Crippen LogP contribution in [0.2, 0.25) is 0 Å². The predicted molar refractivity (Wildman–Crippen MR) is 98.0 cm³/mol. The number of rotatable bonds is 5. The summed E-state index contributed by atoms with van der Waals surface area (Å²) in [6, 6.07) is 13.3. The summed E-state index contributed by atoms with van der Waals surface area (Å²) in [5.74, 6) is 0.665. The van der Waals surface area contributed by atoms with Crippen molar-refractivity contribution in [1.82, 2.24) is 0 Å². The van der Waals surface area contributed by atoms with Crippen LogP contribution in [0, 0.1) is 0 Å². The van der Waals surface area contributed by atoms with E-state index in [9.17, 15) is 4.79 Å². The van der Waals surface area contributed by atoms with E-state index in [1.807, 2.05) is 36.4 Å². The highest BCUT2D eigenvalue weighted by atomic mass is 79.9. The maximum Gasteiger partial charge on any atom is 0.193 e. The van der Waals surface area contributed by atoms with Crippen molar-refractivity contribution in [3.8, 4) is 5.75 Å². The molecule has 1 unspecified atom stereocenters. The molecule has 1 saturated heterocycles. The van der Waals surface area contributed by atoms with E-state index in [-0.39, 0.29) is 17.3 Å². The van der Waals surface area contributed by atoms with E-state index >= 15 is 0 Å². The largest absolute Gasteiger partial charge is 0.490 e. The molecule has 3 rings (SSSR count). The van der Waals surface area contributed by atoms with Crippen molar-refractivity contribution < 1.29 is 14.3 Å². The molecule has 0 aliphatic carbocycles. The first-order chi connectivity index (χ1) is 11.3. The summed E-state index contributed by atoms with van der Waals surface area (Å²) in [4.78, 5) is 12.7.